The first-order valence-corrected chi connectivity index (χ1v) is 12.5. The third-order valence-corrected chi connectivity index (χ3v) is 6.65. The standard InChI is InChI=1S/C27H33N5O6/c1-30-14-23(29-27(36)38-16-18-7-4-3-5-8-18)26(35)31(2)15-24(33)32-13-20(28)12-21(32)17-37-22-10-6-9-19(11-22)25(30)34/h3-11,20-21,23H,12-17,28H2,1-2H3,(H,29,36)/t20-,21-,23-/m0/s1. The number of benzene rings is 2. The molecule has 0 radical (unpaired) electrons. The van der Waals surface area contributed by atoms with Gasteiger partial charge < -0.3 is 35.2 Å². The van der Waals surface area contributed by atoms with Crippen LogP contribution in [0.5, 0.6) is 5.75 Å². The fourth-order valence-electron chi connectivity index (χ4n) is 4.64. The van der Waals surface area contributed by atoms with Crippen molar-refractivity contribution in [2.75, 3.05) is 40.3 Å². The molecule has 0 aliphatic carbocycles. The van der Waals surface area contributed by atoms with Gasteiger partial charge >= 0.3 is 6.09 Å². The van der Waals surface area contributed by atoms with Gasteiger partial charge in [0.05, 0.1) is 19.1 Å². The van der Waals surface area contributed by atoms with Crippen LogP contribution in [0, 0.1) is 0 Å². The van der Waals surface area contributed by atoms with Crippen LogP contribution >= 0.6 is 0 Å². The average Bonchev–Trinajstić information content (AvgIpc) is 3.30. The van der Waals surface area contributed by atoms with Crippen molar-refractivity contribution in [3.8, 4) is 5.75 Å². The Hall–Kier alpha value is -4.12. The van der Waals surface area contributed by atoms with E-state index in [9.17, 15) is 19.2 Å². The van der Waals surface area contributed by atoms with E-state index in [0.717, 1.165) is 5.56 Å². The maximum atomic E-state index is 13.4. The zero-order valence-corrected chi connectivity index (χ0v) is 21.5. The lowest BCUT2D eigenvalue weighted by atomic mass is 10.1. The lowest BCUT2D eigenvalue weighted by molar-refractivity contribution is -0.141. The lowest BCUT2D eigenvalue weighted by Crippen LogP contribution is -2.55. The number of rotatable bonds is 3. The van der Waals surface area contributed by atoms with Crippen molar-refractivity contribution in [1.29, 1.82) is 0 Å². The molecular formula is C27H33N5O6. The highest BCUT2D eigenvalue weighted by atomic mass is 16.5. The molecule has 2 bridgehead atoms. The van der Waals surface area contributed by atoms with Crippen LogP contribution in [-0.2, 0) is 20.9 Å². The Morgan fingerprint density at radius 3 is 2.58 bits per heavy atom. The van der Waals surface area contributed by atoms with E-state index in [1.807, 2.05) is 30.3 Å². The topological polar surface area (TPSA) is 135 Å². The number of alkyl carbamates (subject to hydrolysis) is 1. The van der Waals surface area contributed by atoms with Gasteiger partial charge in [0.25, 0.3) is 5.91 Å². The smallest absolute Gasteiger partial charge is 0.408 e. The monoisotopic (exact) mass is 523 g/mol. The minimum atomic E-state index is -1.15. The molecule has 1 saturated heterocycles. The number of carbonyl (C=O) groups is 4. The highest BCUT2D eigenvalue weighted by Crippen LogP contribution is 2.21. The normalized spacial score (nSPS) is 22.8. The van der Waals surface area contributed by atoms with Gasteiger partial charge in [-0.2, -0.15) is 0 Å². The highest BCUT2D eigenvalue weighted by molar-refractivity contribution is 5.95. The molecule has 38 heavy (non-hydrogen) atoms. The van der Waals surface area contributed by atoms with Gasteiger partial charge in [0.15, 0.2) is 0 Å². The van der Waals surface area contributed by atoms with Crippen molar-refractivity contribution in [2.24, 2.45) is 5.73 Å². The summed E-state index contributed by atoms with van der Waals surface area (Å²) in [6, 6.07) is 14.2. The second kappa shape index (κ2) is 12.0. The van der Waals surface area contributed by atoms with Crippen molar-refractivity contribution in [1.82, 2.24) is 20.0 Å². The first kappa shape index (κ1) is 26.9. The fraction of sp³-hybridized carbons (Fsp3) is 0.407. The number of nitrogens with zero attached hydrogens (tertiary/aromatic N) is 3. The summed E-state index contributed by atoms with van der Waals surface area (Å²) in [7, 11) is 3.02. The molecule has 11 nitrogen and oxygen atoms in total. The zero-order chi connectivity index (χ0) is 27.2. The maximum Gasteiger partial charge on any atom is 0.408 e. The van der Waals surface area contributed by atoms with Crippen LogP contribution in [0.3, 0.4) is 0 Å². The molecule has 2 aliphatic rings. The Morgan fingerprint density at radius 2 is 1.82 bits per heavy atom. The molecule has 3 N–H and O–H groups in total. The molecule has 2 heterocycles. The van der Waals surface area contributed by atoms with Crippen LogP contribution in [0.2, 0.25) is 0 Å². The van der Waals surface area contributed by atoms with Gasteiger partial charge in [0, 0.05) is 32.2 Å². The van der Waals surface area contributed by atoms with Crippen molar-refractivity contribution < 1.29 is 28.7 Å². The van der Waals surface area contributed by atoms with Crippen molar-refractivity contribution >= 4 is 23.8 Å². The predicted octanol–water partition coefficient (Wildman–Crippen LogP) is 0.833. The number of ether oxygens (including phenoxy) is 2. The molecule has 11 heteroatoms. The number of nitrogens with two attached hydrogens (primary N) is 1. The Bertz CT molecular complexity index is 1180. The largest absolute Gasteiger partial charge is 0.491 e. The molecular weight excluding hydrogens is 490 g/mol. The van der Waals surface area contributed by atoms with Gasteiger partial charge in [0.2, 0.25) is 11.8 Å². The molecule has 1 fully saturated rings. The van der Waals surface area contributed by atoms with Crippen molar-refractivity contribution in [3.05, 3.63) is 65.7 Å². The minimum Gasteiger partial charge on any atom is -0.491 e. The quantitative estimate of drug-likeness (QED) is 0.609. The molecule has 0 unspecified atom stereocenters. The summed E-state index contributed by atoms with van der Waals surface area (Å²) in [5.41, 5.74) is 7.28. The molecule has 0 aromatic heterocycles. The molecule has 0 spiro atoms. The number of hydrogen-bond donors (Lipinski definition) is 2. The van der Waals surface area contributed by atoms with E-state index in [-0.39, 0.29) is 50.2 Å². The second-order valence-electron chi connectivity index (χ2n) is 9.67. The number of nitrogens with one attached hydrogen (secondary N) is 1. The highest BCUT2D eigenvalue weighted by Gasteiger charge is 2.36. The molecule has 2 aliphatic heterocycles. The van der Waals surface area contributed by atoms with Crippen LogP contribution in [0.15, 0.2) is 54.6 Å². The van der Waals surface area contributed by atoms with E-state index in [1.54, 1.807) is 29.2 Å². The molecule has 0 saturated carbocycles. The van der Waals surface area contributed by atoms with Gasteiger partial charge in [-0.3, -0.25) is 14.4 Å². The molecule has 202 valence electrons. The molecule has 2 aromatic rings. The average molecular weight is 524 g/mol. The van der Waals surface area contributed by atoms with Crippen LogP contribution in [0.25, 0.3) is 0 Å². The minimum absolute atomic E-state index is 0.0140. The van der Waals surface area contributed by atoms with E-state index in [0.29, 0.717) is 24.3 Å². The van der Waals surface area contributed by atoms with Crippen LogP contribution in [-0.4, -0.2) is 97.0 Å². The summed E-state index contributed by atoms with van der Waals surface area (Å²) >= 11 is 0. The van der Waals surface area contributed by atoms with E-state index in [2.05, 4.69) is 5.32 Å². The fourth-order valence-corrected chi connectivity index (χ4v) is 4.64. The third-order valence-electron chi connectivity index (χ3n) is 6.65. The number of likely N-dealkylation sites (N-methyl/N-ethyl adjacent to an activating group) is 2. The Morgan fingerprint density at radius 1 is 1.05 bits per heavy atom. The molecule has 2 aromatic carbocycles. The third kappa shape index (κ3) is 6.60. The number of carbonyl (C=O) groups excluding carboxylic acids is 4. The van der Waals surface area contributed by atoms with E-state index in [4.69, 9.17) is 15.2 Å². The van der Waals surface area contributed by atoms with E-state index in [1.165, 1.54) is 23.9 Å². The Kier molecular flexibility index (Phi) is 8.47. The van der Waals surface area contributed by atoms with E-state index >= 15 is 0 Å². The second-order valence-corrected chi connectivity index (χ2v) is 9.67. The lowest BCUT2D eigenvalue weighted by Gasteiger charge is -2.30. The molecule has 4 amide bonds. The summed E-state index contributed by atoms with van der Waals surface area (Å²) in [5, 5.41) is 2.57. The maximum absolute atomic E-state index is 13.4. The van der Waals surface area contributed by atoms with Gasteiger partial charge in [-0.25, -0.2) is 4.79 Å². The van der Waals surface area contributed by atoms with E-state index < -0.39 is 18.0 Å². The molecule has 3 atom stereocenters. The Balaban J connectivity index is 1.56. The van der Waals surface area contributed by atoms with Crippen LogP contribution in [0.4, 0.5) is 4.79 Å². The number of amides is 4. The molecule has 4 rings (SSSR count). The summed E-state index contributed by atoms with van der Waals surface area (Å²) in [5.74, 6) is -0.680. The number of fused-ring (bicyclic) bond motifs is 3. The van der Waals surface area contributed by atoms with Crippen LogP contribution in [0.1, 0.15) is 22.3 Å². The van der Waals surface area contributed by atoms with Crippen LogP contribution < -0.4 is 15.8 Å². The van der Waals surface area contributed by atoms with Gasteiger partial charge in [-0.1, -0.05) is 36.4 Å². The first-order chi connectivity index (χ1) is 18.2. The van der Waals surface area contributed by atoms with Gasteiger partial charge in [0.1, 0.15) is 25.0 Å². The summed E-state index contributed by atoms with van der Waals surface area (Å²) in [4.78, 5) is 56.6. The van der Waals surface area contributed by atoms with Crippen molar-refractivity contribution in [2.45, 2.75) is 31.2 Å². The SMILES string of the molecule is CN1C[C@H](NC(=O)OCc2ccccc2)C(=O)N(C)CC(=O)N2C[C@@H](N)C[C@H]2COc2cccc(c2)C1=O. The van der Waals surface area contributed by atoms with Gasteiger partial charge in [-0.05, 0) is 30.2 Å². The number of hydrogen-bond acceptors (Lipinski definition) is 7. The summed E-state index contributed by atoms with van der Waals surface area (Å²) in [6.07, 6.45) is -0.256. The van der Waals surface area contributed by atoms with Gasteiger partial charge in [-0.15, -0.1) is 0 Å². The zero-order valence-electron chi connectivity index (χ0n) is 21.5. The summed E-state index contributed by atoms with van der Waals surface area (Å²) < 4.78 is 11.2. The summed E-state index contributed by atoms with van der Waals surface area (Å²) in [6.45, 7) is 0.218. The first-order valence-electron chi connectivity index (χ1n) is 12.5. The predicted molar refractivity (Wildman–Crippen MR) is 138 cm³/mol. The Labute approximate surface area is 221 Å². The van der Waals surface area contributed by atoms with Crippen molar-refractivity contribution in [3.63, 3.8) is 0 Å².